The van der Waals surface area contributed by atoms with Gasteiger partial charge in [0.1, 0.15) is 0 Å². The fraction of sp³-hybridized carbons (Fsp3) is 0.364. The highest BCUT2D eigenvalue weighted by molar-refractivity contribution is 5.88. The molecule has 0 saturated carbocycles. The van der Waals surface area contributed by atoms with E-state index in [1.165, 1.54) is 19.2 Å². The molecule has 0 aromatic heterocycles. The first-order valence-electron chi connectivity index (χ1n) is 4.98. The van der Waals surface area contributed by atoms with Gasteiger partial charge in [0, 0.05) is 0 Å². The molecule has 0 aliphatic carbocycles. The molecule has 8 heteroatoms. The first kappa shape index (κ1) is 15.1. The van der Waals surface area contributed by atoms with Crippen molar-refractivity contribution in [3.63, 3.8) is 0 Å². The second-order valence-electron chi connectivity index (χ2n) is 3.52. The molecule has 0 unspecified atom stereocenters. The van der Waals surface area contributed by atoms with Crippen LogP contribution in [0.25, 0.3) is 0 Å². The largest absolute Gasteiger partial charge is 0.493 e. The molecule has 0 saturated heterocycles. The van der Waals surface area contributed by atoms with E-state index in [2.05, 4.69) is 4.74 Å². The molecule has 19 heavy (non-hydrogen) atoms. The van der Waals surface area contributed by atoms with E-state index in [4.69, 9.17) is 9.84 Å². The molecule has 106 valence electrons. The van der Waals surface area contributed by atoms with Gasteiger partial charge in [-0.15, -0.1) is 0 Å². The van der Waals surface area contributed by atoms with Crippen LogP contribution in [-0.2, 0) is 0 Å². The average Bonchev–Trinajstić information content (AvgIpc) is 2.35. The van der Waals surface area contributed by atoms with Gasteiger partial charge in [-0.1, -0.05) is 0 Å². The summed E-state index contributed by atoms with van der Waals surface area (Å²) >= 11 is 0. The number of carbonyl (C=O) groups is 1. The fourth-order valence-electron chi connectivity index (χ4n) is 1.16. The third-order valence-electron chi connectivity index (χ3n) is 2.15. The van der Waals surface area contributed by atoms with Crippen molar-refractivity contribution in [2.24, 2.45) is 0 Å². The maximum atomic E-state index is 12.7. The summed E-state index contributed by atoms with van der Waals surface area (Å²) in [7, 11) is 1.20. The first-order chi connectivity index (χ1) is 8.77. The molecule has 0 aliphatic rings. The fourth-order valence-corrected chi connectivity index (χ4v) is 1.16. The normalized spacial score (nSPS) is 11.5. The standard InChI is InChI=1S/C11H10F4O4/c1-18-7-3-2-6(9(16)17)4-8(7)19-5-11(14,15)10(12)13/h2-4,10H,5H2,1H3,(H,16,17). The van der Waals surface area contributed by atoms with Gasteiger partial charge >= 0.3 is 18.3 Å². The van der Waals surface area contributed by atoms with Gasteiger partial charge in [-0.2, -0.15) is 8.78 Å². The molecular formula is C11H10F4O4. The highest BCUT2D eigenvalue weighted by atomic mass is 19.3. The lowest BCUT2D eigenvalue weighted by atomic mass is 10.2. The number of hydrogen-bond acceptors (Lipinski definition) is 3. The minimum absolute atomic E-state index is 0.0323. The van der Waals surface area contributed by atoms with Crippen molar-refractivity contribution in [1.82, 2.24) is 0 Å². The smallest absolute Gasteiger partial charge is 0.340 e. The SMILES string of the molecule is COc1ccc(C(=O)O)cc1OCC(F)(F)C(F)F. The Morgan fingerprint density at radius 1 is 1.37 bits per heavy atom. The van der Waals surface area contributed by atoms with Crippen molar-refractivity contribution in [2.75, 3.05) is 13.7 Å². The van der Waals surface area contributed by atoms with Crippen LogP contribution in [0.15, 0.2) is 18.2 Å². The monoisotopic (exact) mass is 282 g/mol. The zero-order valence-corrected chi connectivity index (χ0v) is 9.70. The van der Waals surface area contributed by atoms with Crippen LogP contribution in [0.2, 0.25) is 0 Å². The molecule has 0 heterocycles. The van der Waals surface area contributed by atoms with Crippen molar-refractivity contribution in [3.8, 4) is 11.5 Å². The summed E-state index contributed by atoms with van der Waals surface area (Å²) in [5.74, 6) is -6.02. The molecule has 1 aromatic rings. The van der Waals surface area contributed by atoms with E-state index in [0.29, 0.717) is 0 Å². The number of hydrogen-bond donors (Lipinski definition) is 1. The van der Waals surface area contributed by atoms with E-state index >= 15 is 0 Å². The number of rotatable bonds is 6. The Morgan fingerprint density at radius 2 is 2.00 bits per heavy atom. The minimum atomic E-state index is -4.33. The first-order valence-corrected chi connectivity index (χ1v) is 4.98. The van der Waals surface area contributed by atoms with Crippen LogP contribution in [0.1, 0.15) is 10.4 Å². The van der Waals surface area contributed by atoms with Gasteiger partial charge < -0.3 is 14.6 Å². The summed E-state index contributed by atoms with van der Waals surface area (Å²) in [6.07, 6.45) is -3.87. The molecule has 0 amide bonds. The van der Waals surface area contributed by atoms with Crippen LogP contribution >= 0.6 is 0 Å². The number of carboxylic acids is 1. The molecular weight excluding hydrogens is 272 g/mol. The van der Waals surface area contributed by atoms with Gasteiger partial charge in [0.05, 0.1) is 12.7 Å². The van der Waals surface area contributed by atoms with Crippen molar-refractivity contribution in [1.29, 1.82) is 0 Å². The molecule has 0 radical (unpaired) electrons. The molecule has 0 atom stereocenters. The predicted octanol–water partition coefficient (Wildman–Crippen LogP) is 2.67. The van der Waals surface area contributed by atoms with Gasteiger partial charge in [0.15, 0.2) is 18.1 Å². The van der Waals surface area contributed by atoms with Crippen molar-refractivity contribution >= 4 is 5.97 Å². The number of ether oxygens (including phenoxy) is 2. The Kier molecular flexibility index (Phi) is 4.57. The molecule has 1 rings (SSSR count). The highest BCUT2D eigenvalue weighted by Crippen LogP contribution is 2.31. The number of alkyl halides is 4. The van der Waals surface area contributed by atoms with Crippen LogP contribution in [0.3, 0.4) is 0 Å². The Hall–Kier alpha value is -1.99. The predicted molar refractivity (Wildman–Crippen MR) is 56.4 cm³/mol. The van der Waals surface area contributed by atoms with E-state index < -0.39 is 24.9 Å². The quantitative estimate of drug-likeness (QED) is 0.815. The lowest BCUT2D eigenvalue weighted by Crippen LogP contribution is -2.33. The van der Waals surface area contributed by atoms with Gasteiger partial charge in [-0.05, 0) is 18.2 Å². The molecule has 0 spiro atoms. The highest BCUT2D eigenvalue weighted by Gasteiger charge is 2.42. The van der Waals surface area contributed by atoms with Crippen molar-refractivity contribution < 1.29 is 36.9 Å². The van der Waals surface area contributed by atoms with Crippen molar-refractivity contribution in [2.45, 2.75) is 12.3 Å². The molecule has 0 fully saturated rings. The number of benzene rings is 1. The molecule has 0 bridgehead atoms. The molecule has 1 aromatic carbocycles. The second kappa shape index (κ2) is 5.77. The minimum Gasteiger partial charge on any atom is -0.493 e. The second-order valence-corrected chi connectivity index (χ2v) is 3.52. The van der Waals surface area contributed by atoms with Crippen LogP contribution in [0, 0.1) is 0 Å². The third kappa shape index (κ3) is 3.73. The van der Waals surface area contributed by atoms with E-state index in [1.807, 2.05) is 0 Å². The molecule has 1 N–H and O–H groups in total. The summed E-state index contributed by atoms with van der Waals surface area (Å²) in [5, 5.41) is 8.72. The van der Waals surface area contributed by atoms with Crippen LogP contribution < -0.4 is 9.47 Å². The summed E-state index contributed by atoms with van der Waals surface area (Å²) in [5.41, 5.74) is -0.240. The number of methoxy groups -OCH3 is 1. The van der Waals surface area contributed by atoms with Gasteiger partial charge in [-0.25, -0.2) is 13.6 Å². The Morgan fingerprint density at radius 3 is 2.47 bits per heavy atom. The van der Waals surface area contributed by atoms with Crippen LogP contribution in [-0.4, -0.2) is 37.1 Å². The van der Waals surface area contributed by atoms with E-state index in [9.17, 15) is 22.4 Å². The van der Waals surface area contributed by atoms with Crippen LogP contribution in [0.5, 0.6) is 11.5 Å². The molecule has 0 aliphatic heterocycles. The number of halogens is 4. The van der Waals surface area contributed by atoms with Gasteiger partial charge in [0.25, 0.3) is 0 Å². The maximum absolute atomic E-state index is 12.7. The maximum Gasteiger partial charge on any atom is 0.340 e. The number of carboxylic acid groups (broad SMARTS) is 1. The lowest BCUT2D eigenvalue weighted by Gasteiger charge is -2.17. The summed E-state index contributed by atoms with van der Waals surface area (Å²) < 4.78 is 58.6. The van der Waals surface area contributed by atoms with Gasteiger partial charge in [-0.3, -0.25) is 0 Å². The van der Waals surface area contributed by atoms with Gasteiger partial charge in [0.2, 0.25) is 0 Å². The third-order valence-corrected chi connectivity index (χ3v) is 2.15. The zero-order chi connectivity index (χ0) is 14.6. The topological polar surface area (TPSA) is 55.8 Å². The summed E-state index contributed by atoms with van der Waals surface area (Å²) in [6, 6.07) is 3.27. The van der Waals surface area contributed by atoms with E-state index in [1.54, 1.807) is 0 Å². The zero-order valence-electron chi connectivity index (χ0n) is 9.70. The Labute approximate surface area is 105 Å². The summed E-state index contributed by atoms with van der Waals surface area (Å²) in [6.45, 7) is -1.58. The van der Waals surface area contributed by atoms with Crippen molar-refractivity contribution in [3.05, 3.63) is 23.8 Å². The van der Waals surface area contributed by atoms with Crippen LogP contribution in [0.4, 0.5) is 17.6 Å². The Balaban J connectivity index is 2.92. The molecule has 4 nitrogen and oxygen atoms in total. The van der Waals surface area contributed by atoms with E-state index in [0.717, 1.165) is 6.07 Å². The Bertz CT molecular complexity index is 462. The number of aromatic carboxylic acids is 1. The average molecular weight is 282 g/mol. The van der Waals surface area contributed by atoms with E-state index in [-0.39, 0.29) is 17.1 Å². The lowest BCUT2D eigenvalue weighted by molar-refractivity contribution is -0.148. The summed E-state index contributed by atoms with van der Waals surface area (Å²) in [4.78, 5) is 10.7.